The van der Waals surface area contributed by atoms with Gasteiger partial charge >= 0.3 is 6.18 Å². The largest absolute Gasteiger partial charge is 0.417 e. The van der Waals surface area contributed by atoms with Crippen molar-refractivity contribution in [3.8, 4) is 11.4 Å². The molecule has 0 spiro atoms. The van der Waals surface area contributed by atoms with E-state index in [9.17, 15) is 17.6 Å². The number of rotatable bonds is 3. The number of alkyl halides is 3. The third-order valence-electron chi connectivity index (χ3n) is 3.73. The van der Waals surface area contributed by atoms with Crippen LogP contribution in [0.3, 0.4) is 0 Å². The summed E-state index contributed by atoms with van der Waals surface area (Å²) in [5, 5.41) is 3.54. The zero-order valence-electron chi connectivity index (χ0n) is 11.8. The van der Waals surface area contributed by atoms with Crippen LogP contribution in [0.15, 0.2) is 22.7 Å². The smallest absolute Gasteiger partial charge is 0.368 e. The maximum Gasteiger partial charge on any atom is 0.417 e. The molecule has 0 unspecified atom stereocenters. The van der Waals surface area contributed by atoms with Gasteiger partial charge in [-0.1, -0.05) is 5.16 Å². The van der Waals surface area contributed by atoms with Crippen molar-refractivity contribution < 1.29 is 26.8 Å². The van der Waals surface area contributed by atoms with Gasteiger partial charge in [-0.3, -0.25) is 0 Å². The second kappa shape index (κ2) is 5.89. The van der Waals surface area contributed by atoms with E-state index in [4.69, 9.17) is 15.0 Å². The number of hydrogen-bond donors (Lipinski definition) is 1. The van der Waals surface area contributed by atoms with E-state index in [2.05, 4.69) is 10.1 Å². The van der Waals surface area contributed by atoms with E-state index in [1.54, 1.807) is 0 Å². The van der Waals surface area contributed by atoms with E-state index in [0.717, 1.165) is 12.1 Å². The summed E-state index contributed by atoms with van der Waals surface area (Å²) in [6, 6.07) is 2.11. The molecule has 1 aliphatic heterocycles. The molecule has 2 N–H and O–H groups in total. The van der Waals surface area contributed by atoms with Gasteiger partial charge in [-0.25, -0.2) is 4.39 Å². The lowest BCUT2D eigenvalue weighted by Gasteiger charge is -2.11. The molecule has 0 saturated carbocycles. The Balaban J connectivity index is 1.99. The molecule has 2 aromatic rings. The second-order valence-corrected chi connectivity index (χ2v) is 5.22. The van der Waals surface area contributed by atoms with Gasteiger partial charge in [0.05, 0.1) is 5.56 Å². The Bertz CT molecular complexity index is 702. The topological polar surface area (TPSA) is 74.2 Å². The molecule has 0 radical (unpaired) electrons. The third-order valence-corrected chi connectivity index (χ3v) is 3.73. The molecule has 3 rings (SSSR count). The van der Waals surface area contributed by atoms with Gasteiger partial charge in [0.2, 0.25) is 5.82 Å². The molecule has 1 fully saturated rings. The predicted molar refractivity (Wildman–Crippen MR) is 70.5 cm³/mol. The van der Waals surface area contributed by atoms with Crippen LogP contribution in [0.25, 0.3) is 11.4 Å². The van der Waals surface area contributed by atoms with Crippen molar-refractivity contribution in [1.82, 2.24) is 10.1 Å². The van der Waals surface area contributed by atoms with Crippen molar-refractivity contribution in [1.29, 1.82) is 0 Å². The molecule has 0 aliphatic carbocycles. The lowest BCUT2D eigenvalue weighted by atomic mass is 10.0. The van der Waals surface area contributed by atoms with Crippen LogP contribution < -0.4 is 5.73 Å². The average molecular weight is 331 g/mol. The number of ether oxygens (including phenoxy) is 1. The van der Waals surface area contributed by atoms with Gasteiger partial charge in [-0.15, -0.1) is 0 Å². The minimum atomic E-state index is -4.66. The first-order valence-corrected chi connectivity index (χ1v) is 6.92. The summed E-state index contributed by atoms with van der Waals surface area (Å²) in [6.07, 6.45) is -4.51. The number of halogens is 4. The number of aromatic nitrogens is 2. The van der Waals surface area contributed by atoms with Crippen LogP contribution in [0.4, 0.5) is 17.6 Å². The minimum Gasteiger partial charge on any atom is -0.368 e. The van der Waals surface area contributed by atoms with Crippen LogP contribution in [0, 0.1) is 11.7 Å². The van der Waals surface area contributed by atoms with E-state index < -0.39 is 29.2 Å². The van der Waals surface area contributed by atoms with Crippen LogP contribution >= 0.6 is 0 Å². The minimum absolute atomic E-state index is 0.0436. The van der Waals surface area contributed by atoms with E-state index in [1.807, 2.05) is 0 Å². The molecule has 124 valence electrons. The number of hydrogen-bond acceptors (Lipinski definition) is 5. The first kappa shape index (κ1) is 15.9. The fourth-order valence-electron chi connectivity index (χ4n) is 2.56. The lowest BCUT2D eigenvalue weighted by molar-refractivity contribution is -0.137. The fraction of sp³-hybridized carbons (Fsp3) is 0.429. The molecule has 1 saturated heterocycles. The highest BCUT2D eigenvalue weighted by atomic mass is 19.4. The second-order valence-electron chi connectivity index (χ2n) is 5.22. The number of benzene rings is 1. The van der Waals surface area contributed by atoms with Gasteiger partial charge in [0.25, 0.3) is 5.89 Å². The Morgan fingerprint density at radius 3 is 2.78 bits per heavy atom. The number of nitrogens with two attached hydrogens (primary N) is 1. The van der Waals surface area contributed by atoms with Crippen molar-refractivity contribution in [3.05, 3.63) is 35.5 Å². The summed E-state index contributed by atoms with van der Waals surface area (Å²) >= 11 is 0. The van der Waals surface area contributed by atoms with Crippen LogP contribution in [-0.2, 0) is 10.9 Å². The van der Waals surface area contributed by atoms with E-state index in [1.165, 1.54) is 0 Å². The molecule has 0 amide bonds. The molecule has 0 bridgehead atoms. The Hall–Kier alpha value is -2.00. The first-order valence-electron chi connectivity index (χ1n) is 6.92. The summed E-state index contributed by atoms with van der Waals surface area (Å²) in [6.45, 7) is 0.786. The van der Waals surface area contributed by atoms with Crippen molar-refractivity contribution >= 4 is 0 Å². The molecular formula is C14H13F4N3O2. The monoisotopic (exact) mass is 331 g/mol. The predicted octanol–water partition coefficient (Wildman–Crippen LogP) is 2.93. The summed E-state index contributed by atoms with van der Waals surface area (Å²) in [4.78, 5) is 3.95. The molecule has 2 atom stereocenters. The molecule has 2 heterocycles. The summed E-state index contributed by atoms with van der Waals surface area (Å²) in [5.41, 5.74) is 4.10. The van der Waals surface area contributed by atoms with E-state index >= 15 is 0 Å². The first-order chi connectivity index (χ1) is 10.9. The van der Waals surface area contributed by atoms with Crippen LogP contribution in [-0.4, -0.2) is 23.3 Å². The summed E-state index contributed by atoms with van der Waals surface area (Å²) in [7, 11) is 0. The highest BCUT2D eigenvalue weighted by molar-refractivity contribution is 5.60. The fourth-order valence-corrected chi connectivity index (χ4v) is 2.56. The normalized spacial score (nSPS) is 21.8. The van der Waals surface area contributed by atoms with Crippen molar-refractivity contribution in [2.75, 3.05) is 13.2 Å². The van der Waals surface area contributed by atoms with Gasteiger partial charge < -0.3 is 15.0 Å². The standard InChI is InChI=1S/C14H13F4N3O2/c15-8-1-2-10(14(16,17)18)9(5-8)12-20-13(23-21-12)11-7(6-19)3-4-22-11/h1-2,5,7,11H,3-4,6,19H2/t7-,11-/m0/s1. The van der Waals surface area contributed by atoms with Gasteiger partial charge in [-0.2, -0.15) is 18.2 Å². The SMILES string of the molecule is NC[C@@H]1CCO[C@@H]1c1nc(-c2cc(F)ccc2C(F)(F)F)no1. The van der Waals surface area contributed by atoms with E-state index in [0.29, 0.717) is 25.6 Å². The molecular weight excluding hydrogens is 318 g/mol. The Kier molecular flexibility index (Phi) is 4.07. The molecule has 23 heavy (non-hydrogen) atoms. The van der Waals surface area contributed by atoms with Gasteiger partial charge in [0.1, 0.15) is 11.9 Å². The van der Waals surface area contributed by atoms with Crippen molar-refractivity contribution in [2.24, 2.45) is 11.7 Å². The Morgan fingerprint density at radius 2 is 2.09 bits per heavy atom. The van der Waals surface area contributed by atoms with E-state index in [-0.39, 0.29) is 17.6 Å². The van der Waals surface area contributed by atoms with Crippen LogP contribution in [0.5, 0.6) is 0 Å². The maximum absolute atomic E-state index is 13.4. The highest BCUT2D eigenvalue weighted by Gasteiger charge is 2.37. The quantitative estimate of drug-likeness (QED) is 0.876. The average Bonchev–Trinajstić information content (AvgIpc) is 3.14. The van der Waals surface area contributed by atoms with Crippen molar-refractivity contribution in [2.45, 2.75) is 18.7 Å². The molecule has 5 nitrogen and oxygen atoms in total. The molecule has 1 aromatic carbocycles. The molecule has 1 aromatic heterocycles. The van der Waals surface area contributed by atoms with Crippen molar-refractivity contribution in [3.63, 3.8) is 0 Å². The summed E-state index contributed by atoms with van der Waals surface area (Å²) in [5.74, 6) is -1.15. The van der Waals surface area contributed by atoms with Crippen LogP contribution in [0.2, 0.25) is 0 Å². The van der Waals surface area contributed by atoms with Gasteiger partial charge in [0, 0.05) is 18.1 Å². The lowest BCUT2D eigenvalue weighted by Crippen LogP contribution is -2.18. The zero-order valence-corrected chi connectivity index (χ0v) is 11.8. The Morgan fingerprint density at radius 1 is 1.30 bits per heavy atom. The van der Waals surface area contributed by atoms with Gasteiger partial charge in [-0.05, 0) is 31.2 Å². The summed E-state index contributed by atoms with van der Waals surface area (Å²) < 4.78 is 62.9. The van der Waals surface area contributed by atoms with Crippen LogP contribution in [0.1, 0.15) is 24.0 Å². The van der Waals surface area contributed by atoms with Gasteiger partial charge in [0.15, 0.2) is 0 Å². The Labute approximate surface area is 128 Å². The zero-order chi connectivity index (χ0) is 16.6. The molecule has 9 heteroatoms. The third kappa shape index (κ3) is 3.06. The highest BCUT2D eigenvalue weighted by Crippen LogP contribution is 2.38. The number of nitrogens with zero attached hydrogens (tertiary/aromatic N) is 2. The molecule has 1 aliphatic rings. The maximum atomic E-state index is 13.4.